The number of amides is 1. The summed E-state index contributed by atoms with van der Waals surface area (Å²) < 4.78 is 49.5. The fourth-order valence-corrected chi connectivity index (χ4v) is 3.16. The second kappa shape index (κ2) is 12.1. The van der Waals surface area contributed by atoms with Crippen LogP contribution < -0.4 is 9.47 Å². The molecule has 7 heteroatoms. The maximum absolute atomic E-state index is 14.4. The number of halogens is 3. The van der Waals surface area contributed by atoms with Gasteiger partial charge in [-0.2, -0.15) is 0 Å². The Hall–Kier alpha value is -3.22. The molecule has 0 aromatic heterocycles. The molecule has 4 nitrogen and oxygen atoms in total. The molecule has 2 aromatic carbocycles. The van der Waals surface area contributed by atoms with Crippen LogP contribution in [0.2, 0.25) is 0 Å². The summed E-state index contributed by atoms with van der Waals surface area (Å²) in [6, 6.07) is 8.26. The minimum absolute atomic E-state index is 0.0102. The first-order valence-corrected chi connectivity index (χ1v) is 10.7. The minimum Gasteiger partial charge on any atom is -0.447 e. The van der Waals surface area contributed by atoms with Gasteiger partial charge in [-0.15, -0.1) is 6.58 Å². The first kappa shape index (κ1) is 26.0. The maximum Gasteiger partial charge on any atom is 0.267 e. The van der Waals surface area contributed by atoms with Crippen LogP contribution in [-0.2, 0) is 0 Å². The van der Waals surface area contributed by atoms with Crippen molar-refractivity contribution in [1.29, 1.82) is 0 Å². The van der Waals surface area contributed by atoms with Crippen molar-refractivity contribution in [2.75, 3.05) is 13.1 Å². The third kappa shape index (κ3) is 8.00. The standard InChI is InChI=1S/C19H17F2NO3.C4H8.C3H5F/c20-13-6-4-12(5-7-13)19-24-16-10-14(15(21)11-17(16)25-19)18(23)22-8-2-1-3-9-22;1-4(2)3;1-3(2)4/h4-7,10-11,19H,1-3,8-9H2;1H2,2-3H3;1H2,2H3. The van der Waals surface area contributed by atoms with Crippen molar-refractivity contribution < 1.29 is 27.4 Å². The highest BCUT2D eigenvalue weighted by Crippen LogP contribution is 2.42. The van der Waals surface area contributed by atoms with Gasteiger partial charge < -0.3 is 14.4 Å². The lowest BCUT2D eigenvalue weighted by atomic mass is 10.1. The molecule has 0 saturated carbocycles. The highest BCUT2D eigenvalue weighted by molar-refractivity contribution is 5.95. The monoisotopic (exact) mass is 461 g/mol. The van der Waals surface area contributed by atoms with Crippen molar-refractivity contribution in [2.45, 2.75) is 46.3 Å². The van der Waals surface area contributed by atoms with Crippen LogP contribution in [0.15, 0.2) is 61.0 Å². The van der Waals surface area contributed by atoms with Gasteiger partial charge in [-0.05, 0) is 70.4 Å². The molecule has 1 saturated heterocycles. The van der Waals surface area contributed by atoms with Gasteiger partial charge in [0.05, 0.1) is 11.4 Å². The van der Waals surface area contributed by atoms with Crippen molar-refractivity contribution in [3.63, 3.8) is 0 Å². The summed E-state index contributed by atoms with van der Waals surface area (Å²) in [6.07, 6.45) is 2.18. The zero-order valence-corrected chi connectivity index (χ0v) is 19.3. The molecule has 2 aliphatic rings. The number of ether oxygens (including phenoxy) is 2. The molecule has 2 aromatic rings. The lowest BCUT2D eigenvalue weighted by Gasteiger charge is -2.26. The molecule has 1 unspecified atom stereocenters. The van der Waals surface area contributed by atoms with Gasteiger partial charge in [0.1, 0.15) is 11.6 Å². The first-order chi connectivity index (χ1) is 15.6. The highest BCUT2D eigenvalue weighted by Gasteiger charge is 2.30. The third-order valence-electron chi connectivity index (χ3n) is 4.52. The van der Waals surface area contributed by atoms with Gasteiger partial charge in [0.2, 0.25) is 0 Å². The number of carbonyl (C=O) groups excluding carboxylic acids is 1. The van der Waals surface area contributed by atoms with Crippen LogP contribution in [0.3, 0.4) is 0 Å². The Kier molecular flexibility index (Phi) is 9.57. The Morgan fingerprint density at radius 1 is 0.939 bits per heavy atom. The number of hydrogen-bond donors (Lipinski definition) is 0. The number of benzene rings is 2. The second-order valence-corrected chi connectivity index (χ2v) is 8.13. The minimum atomic E-state index is -0.782. The number of rotatable bonds is 2. The molecule has 33 heavy (non-hydrogen) atoms. The van der Waals surface area contributed by atoms with E-state index in [9.17, 15) is 18.0 Å². The molecule has 0 spiro atoms. The van der Waals surface area contributed by atoms with Crippen LogP contribution in [0.25, 0.3) is 0 Å². The molecule has 1 atom stereocenters. The molecular formula is C26H30F3NO3. The van der Waals surface area contributed by atoms with Gasteiger partial charge in [-0.25, -0.2) is 13.2 Å². The molecule has 2 aliphatic heterocycles. The van der Waals surface area contributed by atoms with Crippen molar-refractivity contribution in [3.8, 4) is 11.5 Å². The molecule has 0 radical (unpaired) electrons. The fraction of sp³-hybridized carbons (Fsp3) is 0.346. The summed E-state index contributed by atoms with van der Waals surface area (Å²) in [4.78, 5) is 14.2. The molecule has 4 rings (SSSR count). The van der Waals surface area contributed by atoms with Gasteiger partial charge in [-0.3, -0.25) is 4.79 Å². The van der Waals surface area contributed by atoms with Crippen LogP contribution in [0.5, 0.6) is 11.5 Å². The van der Waals surface area contributed by atoms with Gasteiger partial charge in [-0.1, -0.05) is 12.2 Å². The van der Waals surface area contributed by atoms with E-state index >= 15 is 0 Å². The molecular weight excluding hydrogens is 431 g/mol. The summed E-state index contributed by atoms with van der Waals surface area (Å²) in [5, 5.41) is 0. The Balaban J connectivity index is 0.000000420. The Labute approximate surface area is 193 Å². The van der Waals surface area contributed by atoms with E-state index in [4.69, 9.17) is 9.47 Å². The van der Waals surface area contributed by atoms with Crippen molar-refractivity contribution in [1.82, 2.24) is 4.90 Å². The zero-order chi connectivity index (χ0) is 24.5. The van der Waals surface area contributed by atoms with E-state index in [-0.39, 0.29) is 28.9 Å². The van der Waals surface area contributed by atoms with Crippen molar-refractivity contribution in [3.05, 3.63) is 83.7 Å². The summed E-state index contributed by atoms with van der Waals surface area (Å²) in [6.45, 7) is 13.0. The average molecular weight is 462 g/mol. The van der Waals surface area contributed by atoms with Gasteiger partial charge in [0.15, 0.2) is 11.5 Å². The topological polar surface area (TPSA) is 38.8 Å². The largest absolute Gasteiger partial charge is 0.447 e. The van der Waals surface area contributed by atoms with Crippen LogP contribution in [0.1, 0.15) is 62.2 Å². The number of hydrogen-bond acceptors (Lipinski definition) is 3. The molecule has 0 aliphatic carbocycles. The van der Waals surface area contributed by atoms with E-state index < -0.39 is 12.1 Å². The van der Waals surface area contributed by atoms with E-state index in [0.29, 0.717) is 24.4 Å². The Bertz CT molecular complexity index is 963. The van der Waals surface area contributed by atoms with Gasteiger partial charge in [0, 0.05) is 24.7 Å². The molecule has 1 fully saturated rings. The molecule has 1 amide bonds. The predicted molar refractivity (Wildman–Crippen MR) is 123 cm³/mol. The van der Waals surface area contributed by atoms with Gasteiger partial charge >= 0.3 is 0 Å². The normalized spacial score (nSPS) is 16.1. The van der Waals surface area contributed by atoms with Crippen LogP contribution in [0.4, 0.5) is 13.2 Å². The lowest BCUT2D eigenvalue weighted by Crippen LogP contribution is -2.36. The Morgan fingerprint density at radius 2 is 1.42 bits per heavy atom. The third-order valence-corrected chi connectivity index (χ3v) is 4.52. The SMILES string of the molecule is C=C(C)C.C=C(C)F.O=C(c1cc2c(cc1F)OC(c1ccc(F)cc1)O2)N1CCCCC1. The number of likely N-dealkylation sites (tertiary alicyclic amines) is 1. The molecule has 0 N–H and O–H groups in total. The van der Waals surface area contributed by atoms with E-state index in [2.05, 4.69) is 13.2 Å². The Morgan fingerprint density at radius 3 is 1.94 bits per heavy atom. The summed E-state index contributed by atoms with van der Waals surface area (Å²) >= 11 is 0. The van der Waals surface area contributed by atoms with Crippen LogP contribution in [-0.4, -0.2) is 23.9 Å². The van der Waals surface area contributed by atoms with E-state index in [0.717, 1.165) is 19.3 Å². The summed E-state index contributed by atoms with van der Waals surface area (Å²) in [5.41, 5.74) is 1.77. The second-order valence-electron chi connectivity index (χ2n) is 8.13. The van der Waals surface area contributed by atoms with E-state index in [1.807, 2.05) is 13.8 Å². The predicted octanol–water partition coefficient (Wildman–Crippen LogP) is 7.13. The van der Waals surface area contributed by atoms with Crippen molar-refractivity contribution >= 4 is 5.91 Å². The van der Waals surface area contributed by atoms with Crippen molar-refractivity contribution in [2.24, 2.45) is 0 Å². The summed E-state index contributed by atoms with van der Waals surface area (Å²) in [5.74, 6) is -1.09. The summed E-state index contributed by atoms with van der Waals surface area (Å²) in [7, 11) is 0. The number of carbonyl (C=O) groups is 1. The molecule has 2 heterocycles. The fourth-order valence-electron chi connectivity index (χ4n) is 3.16. The zero-order valence-electron chi connectivity index (χ0n) is 19.3. The van der Waals surface area contributed by atoms with E-state index in [1.54, 1.807) is 17.0 Å². The number of fused-ring (bicyclic) bond motifs is 1. The number of nitrogens with zero attached hydrogens (tertiary/aromatic N) is 1. The maximum atomic E-state index is 14.4. The first-order valence-electron chi connectivity index (χ1n) is 10.7. The smallest absolute Gasteiger partial charge is 0.267 e. The van der Waals surface area contributed by atoms with Crippen LogP contribution in [0, 0.1) is 11.6 Å². The lowest BCUT2D eigenvalue weighted by molar-refractivity contribution is 0.0485. The number of allylic oxidation sites excluding steroid dienone is 2. The number of piperidine rings is 1. The average Bonchev–Trinajstić information content (AvgIpc) is 3.16. The quantitative estimate of drug-likeness (QED) is 0.447. The molecule has 0 bridgehead atoms. The molecule has 178 valence electrons. The highest BCUT2D eigenvalue weighted by atomic mass is 19.1. The van der Waals surface area contributed by atoms with Gasteiger partial charge in [0.25, 0.3) is 12.2 Å². The van der Waals surface area contributed by atoms with E-state index in [1.165, 1.54) is 36.8 Å². The van der Waals surface area contributed by atoms with Crippen LogP contribution >= 0.6 is 0 Å².